The molecule has 2 aliphatic rings. The highest BCUT2D eigenvalue weighted by molar-refractivity contribution is 5.87. The molecule has 0 spiro atoms. The number of fused-ring (bicyclic) bond motifs is 3. The zero-order valence-corrected chi connectivity index (χ0v) is 21.0. The third kappa shape index (κ3) is 4.99. The van der Waals surface area contributed by atoms with Gasteiger partial charge in [0.25, 0.3) is 0 Å². The van der Waals surface area contributed by atoms with Crippen molar-refractivity contribution in [1.29, 1.82) is 5.26 Å². The largest absolute Gasteiger partial charge is 0.444 e. The number of halogens is 1. The number of imidazole rings is 1. The molecule has 192 valence electrons. The Bertz CT molecular complexity index is 1360. The van der Waals surface area contributed by atoms with Crippen LogP contribution in [0.1, 0.15) is 45.6 Å². The van der Waals surface area contributed by atoms with Crippen LogP contribution in [0.15, 0.2) is 43.0 Å². The Morgan fingerprint density at radius 2 is 2.14 bits per heavy atom. The molecule has 1 aliphatic heterocycles. The van der Waals surface area contributed by atoms with Crippen molar-refractivity contribution in [2.75, 3.05) is 0 Å². The van der Waals surface area contributed by atoms with E-state index >= 15 is 4.39 Å². The van der Waals surface area contributed by atoms with Crippen molar-refractivity contribution in [1.82, 2.24) is 24.6 Å². The summed E-state index contributed by atoms with van der Waals surface area (Å²) < 4.78 is 22.4. The molecule has 1 N–H and O–H groups in total. The van der Waals surface area contributed by atoms with Crippen LogP contribution in [0.4, 0.5) is 9.18 Å². The van der Waals surface area contributed by atoms with Gasteiger partial charge in [-0.1, -0.05) is 12.1 Å². The first-order valence-corrected chi connectivity index (χ1v) is 12.4. The second kappa shape index (κ2) is 9.47. The van der Waals surface area contributed by atoms with Gasteiger partial charge in [0, 0.05) is 36.6 Å². The molecule has 2 bridgehead atoms. The standard InChI is InChI=1S/C27H29FN6O3/c1-27(2,3)37-26(36)34-20-7-6-18(11-20)24(34)25(35)31-19(13-29)10-16-4-5-17(12-21(16)28)22-15-33-9-8-30-14-23(33)32-22/h4-5,8-9,12,14-15,18-20,24H,6-7,10-11H2,1-3H3,(H,31,35)/t18?,19-,20?,24?/m0/s1. The summed E-state index contributed by atoms with van der Waals surface area (Å²) >= 11 is 0. The van der Waals surface area contributed by atoms with E-state index in [-0.39, 0.29) is 18.4 Å². The van der Waals surface area contributed by atoms with E-state index in [0.717, 1.165) is 19.3 Å². The van der Waals surface area contributed by atoms with Crippen LogP contribution in [0.2, 0.25) is 0 Å². The van der Waals surface area contributed by atoms with Crippen LogP contribution in [0.5, 0.6) is 0 Å². The molecule has 3 heterocycles. The number of nitriles is 1. The first-order valence-electron chi connectivity index (χ1n) is 12.4. The van der Waals surface area contributed by atoms with Crippen molar-refractivity contribution in [2.24, 2.45) is 5.92 Å². The molecule has 1 aromatic carbocycles. The van der Waals surface area contributed by atoms with E-state index in [0.29, 0.717) is 22.5 Å². The zero-order valence-electron chi connectivity index (χ0n) is 21.0. The Morgan fingerprint density at radius 3 is 2.84 bits per heavy atom. The topological polar surface area (TPSA) is 113 Å². The second-order valence-electron chi connectivity index (χ2n) is 10.7. The molecule has 2 aromatic heterocycles. The number of likely N-dealkylation sites (tertiary alicyclic amines) is 1. The number of piperidine rings is 1. The molecule has 37 heavy (non-hydrogen) atoms. The average Bonchev–Trinajstić information content (AvgIpc) is 3.57. The van der Waals surface area contributed by atoms with E-state index in [1.807, 2.05) is 0 Å². The number of carbonyl (C=O) groups excluding carboxylic acids is 2. The fourth-order valence-corrected chi connectivity index (χ4v) is 5.36. The molecule has 3 aromatic rings. The predicted octanol–water partition coefficient (Wildman–Crippen LogP) is 3.87. The van der Waals surface area contributed by atoms with Crippen LogP contribution in [0.25, 0.3) is 16.9 Å². The van der Waals surface area contributed by atoms with Crippen LogP contribution in [0.3, 0.4) is 0 Å². The Morgan fingerprint density at radius 1 is 1.32 bits per heavy atom. The summed E-state index contributed by atoms with van der Waals surface area (Å²) in [5.41, 5.74) is 1.46. The second-order valence-corrected chi connectivity index (χ2v) is 10.7. The quantitative estimate of drug-likeness (QED) is 0.564. The summed E-state index contributed by atoms with van der Waals surface area (Å²) in [4.78, 5) is 36.2. The molecule has 10 heteroatoms. The first kappa shape index (κ1) is 24.7. The van der Waals surface area contributed by atoms with Gasteiger partial charge in [-0.15, -0.1) is 0 Å². The highest BCUT2D eigenvalue weighted by atomic mass is 19.1. The molecular formula is C27H29FN6O3. The maximum atomic E-state index is 15.0. The Hall–Kier alpha value is -4.00. The molecule has 0 radical (unpaired) electrons. The van der Waals surface area contributed by atoms with Gasteiger partial charge in [-0.25, -0.2) is 14.2 Å². The molecule has 1 saturated carbocycles. The minimum absolute atomic E-state index is 0.00328. The Labute approximate surface area is 214 Å². The number of nitrogens with zero attached hydrogens (tertiary/aromatic N) is 5. The third-order valence-electron chi connectivity index (χ3n) is 6.97. The molecule has 5 rings (SSSR count). The highest BCUT2D eigenvalue weighted by Crippen LogP contribution is 2.43. The normalized spacial score (nSPS) is 21.6. The fraction of sp³-hybridized carbons (Fsp3) is 0.444. The van der Waals surface area contributed by atoms with Crippen LogP contribution in [0, 0.1) is 23.1 Å². The van der Waals surface area contributed by atoms with Gasteiger partial charge in [-0.05, 0) is 57.6 Å². The highest BCUT2D eigenvalue weighted by Gasteiger charge is 2.52. The van der Waals surface area contributed by atoms with Crippen LogP contribution in [-0.4, -0.2) is 55.0 Å². The van der Waals surface area contributed by atoms with Gasteiger partial charge in [0.05, 0.1) is 18.0 Å². The number of ether oxygens (including phenoxy) is 1. The summed E-state index contributed by atoms with van der Waals surface area (Å²) in [6.45, 7) is 5.35. The summed E-state index contributed by atoms with van der Waals surface area (Å²) in [7, 11) is 0. The SMILES string of the molecule is CC(C)(C)OC(=O)N1C2CCC(C2)C1C(=O)N[C@H](C#N)Cc1ccc(-c2cn3ccncc3n2)cc1F. The number of nitrogens with one attached hydrogen (secondary N) is 1. The van der Waals surface area contributed by atoms with Gasteiger partial charge in [-0.3, -0.25) is 14.7 Å². The van der Waals surface area contributed by atoms with Gasteiger partial charge in [0.1, 0.15) is 23.5 Å². The van der Waals surface area contributed by atoms with E-state index in [1.54, 1.807) is 62.1 Å². The van der Waals surface area contributed by atoms with E-state index in [2.05, 4.69) is 21.4 Å². The maximum Gasteiger partial charge on any atom is 0.411 e. The number of rotatable bonds is 5. The molecule has 3 unspecified atom stereocenters. The maximum absolute atomic E-state index is 15.0. The van der Waals surface area contributed by atoms with Crippen molar-refractivity contribution < 1.29 is 18.7 Å². The van der Waals surface area contributed by atoms with Crippen LogP contribution >= 0.6 is 0 Å². The van der Waals surface area contributed by atoms with E-state index in [1.165, 1.54) is 11.0 Å². The van der Waals surface area contributed by atoms with Crippen LogP contribution < -0.4 is 5.32 Å². The van der Waals surface area contributed by atoms with Crippen molar-refractivity contribution >= 4 is 17.6 Å². The lowest BCUT2D eigenvalue weighted by Crippen LogP contribution is -2.55. The molecule has 1 saturated heterocycles. The first-order chi connectivity index (χ1) is 17.6. The van der Waals surface area contributed by atoms with Crippen molar-refractivity contribution in [2.45, 2.75) is 70.2 Å². The summed E-state index contributed by atoms with van der Waals surface area (Å²) in [6, 6.07) is 5.10. The molecule has 4 atom stereocenters. The smallest absolute Gasteiger partial charge is 0.411 e. The van der Waals surface area contributed by atoms with Crippen LogP contribution in [-0.2, 0) is 16.0 Å². The lowest BCUT2D eigenvalue weighted by molar-refractivity contribution is -0.128. The molecule has 9 nitrogen and oxygen atoms in total. The Kier molecular flexibility index (Phi) is 6.31. The predicted molar refractivity (Wildman–Crippen MR) is 133 cm³/mol. The lowest BCUT2D eigenvalue weighted by Gasteiger charge is -2.35. The Balaban J connectivity index is 1.28. The number of amides is 2. The van der Waals surface area contributed by atoms with Gasteiger partial charge in [0.2, 0.25) is 5.91 Å². The number of hydrogen-bond acceptors (Lipinski definition) is 6. The van der Waals surface area contributed by atoms with E-state index in [9.17, 15) is 14.9 Å². The van der Waals surface area contributed by atoms with E-state index < -0.39 is 35.5 Å². The number of benzene rings is 1. The number of carbonyl (C=O) groups is 2. The summed E-state index contributed by atoms with van der Waals surface area (Å²) in [5, 5.41) is 12.5. The number of hydrogen-bond donors (Lipinski definition) is 1. The molecular weight excluding hydrogens is 475 g/mol. The summed E-state index contributed by atoms with van der Waals surface area (Å²) in [5.74, 6) is -0.869. The fourth-order valence-electron chi connectivity index (χ4n) is 5.36. The summed E-state index contributed by atoms with van der Waals surface area (Å²) in [6.07, 6.45) is 8.70. The lowest BCUT2D eigenvalue weighted by atomic mass is 9.97. The minimum Gasteiger partial charge on any atom is -0.444 e. The molecule has 1 aliphatic carbocycles. The van der Waals surface area contributed by atoms with Crippen molar-refractivity contribution in [3.8, 4) is 17.3 Å². The average molecular weight is 505 g/mol. The van der Waals surface area contributed by atoms with Crippen molar-refractivity contribution in [3.05, 3.63) is 54.4 Å². The van der Waals surface area contributed by atoms with Gasteiger partial charge in [0.15, 0.2) is 5.65 Å². The monoisotopic (exact) mass is 504 g/mol. The number of aromatic nitrogens is 3. The van der Waals surface area contributed by atoms with E-state index in [4.69, 9.17) is 4.74 Å². The third-order valence-corrected chi connectivity index (χ3v) is 6.97. The minimum atomic E-state index is -0.950. The van der Waals surface area contributed by atoms with Gasteiger partial charge in [-0.2, -0.15) is 5.26 Å². The van der Waals surface area contributed by atoms with Crippen molar-refractivity contribution in [3.63, 3.8) is 0 Å². The van der Waals surface area contributed by atoms with Gasteiger partial charge < -0.3 is 14.5 Å². The molecule has 2 amide bonds. The zero-order chi connectivity index (χ0) is 26.3. The van der Waals surface area contributed by atoms with Gasteiger partial charge >= 0.3 is 6.09 Å². The molecule has 2 fully saturated rings.